The summed E-state index contributed by atoms with van der Waals surface area (Å²) in [4.78, 5) is 20.8. The number of amidine groups is 1. The van der Waals surface area contributed by atoms with Gasteiger partial charge in [-0.3, -0.25) is 0 Å². The number of benzene rings is 2. The number of hydrogen-bond donors (Lipinski definition) is 0. The Morgan fingerprint density at radius 1 is 1.20 bits per heavy atom. The van der Waals surface area contributed by atoms with Crippen LogP contribution in [0.15, 0.2) is 70.2 Å². The van der Waals surface area contributed by atoms with Crippen molar-refractivity contribution in [3.8, 4) is 0 Å². The van der Waals surface area contributed by atoms with Crippen LogP contribution in [0.25, 0.3) is 0 Å². The number of hydrogen-bond acceptors (Lipinski definition) is 5. The Kier molecular flexibility index (Phi) is 5.69. The summed E-state index contributed by atoms with van der Waals surface area (Å²) in [6.45, 7) is 8.55. The van der Waals surface area contributed by atoms with E-state index in [1.807, 2.05) is 37.3 Å². The SMILES string of the molecule is CCOC(=O)C1=C(C(C)C)N2C(=N[C@@](C)(c3ccccc3)[C@H]2c2ccc(Cl)cc2)S1. The van der Waals surface area contributed by atoms with E-state index in [4.69, 9.17) is 21.3 Å². The third kappa shape index (κ3) is 3.44. The van der Waals surface area contributed by atoms with Crippen molar-refractivity contribution in [3.05, 3.63) is 81.3 Å². The van der Waals surface area contributed by atoms with Gasteiger partial charge in [0.2, 0.25) is 0 Å². The molecule has 2 aliphatic heterocycles. The zero-order valence-corrected chi connectivity index (χ0v) is 19.1. The topological polar surface area (TPSA) is 41.9 Å². The number of nitrogens with zero attached hydrogens (tertiary/aromatic N) is 2. The number of fused-ring (bicyclic) bond motifs is 1. The minimum absolute atomic E-state index is 0.0935. The third-order valence-corrected chi connectivity index (χ3v) is 6.86. The van der Waals surface area contributed by atoms with E-state index >= 15 is 0 Å². The lowest BCUT2D eigenvalue weighted by Crippen LogP contribution is -2.36. The summed E-state index contributed by atoms with van der Waals surface area (Å²) >= 11 is 7.60. The number of ether oxygens (including phenoxy) is 1. The molecule has 2 aromatic carbocycles. The first-order valence-electron chi connectivity index (χ1n) is 10.2. The molecule has 2 aliphatic rings. The molecule has 2 aromatic rings. The summed E-state index contributed by atoms with van der Waals surface area (Å²) in [6.07, 6.45) is 0. The predicted molar refractivity (Wildman–Crippen MR) is 123 cm³/mol. The van der Waals surface area contributed by atoms with Gasteiger partial charge in [0.25, 0.3) is 0 Å². The van der Waals surface area contributed by atoms with Crippen LogP contribution in [-0.2, 0) is 15.1 Å². The van der Waals surface area contributed by atoms with Crippen molar-refractivity contribution in [2.24, 2.45) is 10.9 Å². The van der Waals surface area contributed by atoms with Crippen LogP contribution in [0.2, 0.25) is 5.02 Å². The molecular weight excluding hydrogens is 416 g/mol. The lowest BCUT2D eigenvalue weighted by Gasteiger charge is -2.37. The Labute approximate surface area is 187 Å². The molecule has 0 spiro atoms. The van der Waals surface area contributed by atoms with E-state index in [2.05, 4.69) is 49.9 Å². The number of halogens is 1. The monoisotopic (exact) mass is 440 g/mol. The molecule has 2 heterocycles. The highest BCUT2D eigenvalue weighted by atomic mass is 35.5. The van der Waals surface area contributed by atoms with Crippen molar-refractivity contribution in [2.75, 3.05) is 6.61 Å². The first-order chi connectivity index (χ1) is 14.4. The van der Waals surface area contributed by atoms with Gasteiger partial charge in [-0.05, 0) is 54.8 Å². The average molecular weight is 441 g/mol. The van der Waals surface area contributed by atoms with E-state index in [9.17, 15) is 4.79 Å². The summed E-state index contributed by atoms with van der Waals surface area (Å²) in [5, 5.41) is 1.54. The number of thioether (sulfide) groups is 1. The van der Waals surface area contributed by atoms with Crippen LogP contribution in [0.4, 0.5) is 0 Å². The molecule has 6 heteroatoms. The summed E-state index contributed by atoms with van der Waals surface area (Å²) in [5.41, 5.74) is 2.70. The van der Waals surface area contributed by atoms with Crippen molar-refractivity contribution in [3.63, 3.8) is 0 Å². The van der Waals surface area contributed by atoms with E-state index < -0.39 is 5.54 Å². The van der Waals surface area contributed by atoms with Crippen LogP contribution in [-0.4, -0.2) is 22.6 Å². The van der Waals surface area contributed by atoms with Crippen molar-refractivity contribution in [1.82, 2.24) is 4.90 Å². The van der Waals surface area contributed by atoms with Crippen LogP contribution in [0.1, 0.15) is 44.9 Å². The van der Waals surface area contributed by atoms with Crippen LogP contribution >= 0.6 is 23.4 Å². The Bertz CT molecular complexity index is 1020. The third-order valence-electron chi connectivity index (χ3n) is 5.56. The molecule has 0 saturated heterocycles. The molecule has 0 bridgehead atoms. The molecule has 0 saturated carbocycles. The predicted octanol–water partition coefficient (Wildman–Crippen LogP) is 6.15. The summed E-state index contributed by atoms with van der Waals surface area (Å²) < 4.78 is 5.35. The molecule has 0 unspecified atom stereocenters. The lowest BCUT2D eigenvalue weighted by atomic mass is 9.81. The number of esters is 1. The van der Waals surface area contributed by atoms with Crippen molar-refractivity contribution in [1.29, 1.82) is 0 Å². The number of carbonyl (C=O) groups excluding carboxylic acids is 1. The quantitative estimate of drug-likeness (QED) is 0.523. The molecule has 156 valence electrons. The first-order valence-corrected chi connectivity index (χ1v) is 11.4. The Balaban J connectivity index is 1.89. The lowest BCUT2D eigenvalue weighted by molar-refractivity contribution is -0.137. The highest BCUT2D eigenvalue weighted by Gasteiger charge is 2.53. The van der Waals surface area contributed by atoms with Crippen LogP contribution in [0.5, 0.6) is 0 Å². The smallest absolute Gasteiger partial charge is 0.346 e. The number of allylic oxidation sites excluding steroid dienone is 1. The molecule has 4 rings (SSSR count). The maximum absolute atomic E-state index is 12.7. The second-order valence-corrected chi connectivity index (χ2v) is 9.34. The fourth-order valence-electron chi connectivity index (χ4n) is 4.24. The molecule has 0 N–H and O–H groups in total. The largest absolute Gasteiger partial charge is 0.462 e. The average Bonchev–Trinajstić information content (AvgIpc) is 3.22. The van der Waals surface area contributed by atoms with Gasteiger partial charge >= 0.3 is 5.97 Å². The normalized spacial score (nSPS) is 23.1. The maximum Gasteiger partial charge on any atom is 0.346 e. The highest BCUT2D eigenvalue weighted by molar-refractivity contribution is 8.18. The van der Waals surface area contributed by atoms with Crippen molar-refractivity contribution >= 4 is 34.5 Å². The molecule has 2 atom stereocenters. The molecule has 30 heavy (non-hydrogen) atoms. The molecular formula is C24H25ClN2O2S. The van der Waals surface area contributed by atoms with Crippen LogP contribution < -0.4 is 0 Å². The summed E-state index contributed by atoms with van der Waals surface area (Å²) in [7, 11) is 0. The summed E-state index contributed by atoms with van der Waals surface area (Å²) in [6, 6.07) is 18.2. The van der Waals surface area contributed by atoms with E-state index in [1.165, 1.54) is 11.8 Å². The molecule has 0 aromatic heterocycles. The van der Waals surface area contributed by atoms with Gasteiger partial charge in [0, 0.05) is 10.7 Å². The zero-order chi connectivity index (χ0) is 21.5. The molecule has 0 fully saturated rings. The Morgan fingerprint density at radius 3 is 2.47 bits per heavy atom. The summed E-state index contributed by atoms with van der Waals surface area (Å²) in [5.74, 6) is -0.142. The van der Waals surface area contributed by atoms with Crippen LogP contribution in [0, 0.1) is 5.92 Å². The number of carbonyl (C=O) groups is 1. The van der Waals surface area contributed by atoms with Crippen molar-refractivity contribution in [2.45, 2.75) is 39.3 Å². The van der Waals surface area contributed by atoms with Gasteiger partial charge in [-0.15, -0.1) is 0 Å². The zero-order valence-electron chi connectivity index (χ0n) is 17.6. The van der Waals surface area contributed by atoms with Gasteiger partial charge in [0.1, 0.15) is 10.4 Å². The Hall–Kier alpha value is -2.24. The molecule has 0 amide bonds. The van der Waals surface area contributed by atoms with E-state index in [-0.39, 0.29) is 17.9 Å². The van der Waals surface area contributed by atoms with Gasteiger partial charge in [-0.1, -0.05) is 67.9 Å². The molecule has 4 nitrogen and oxygen atoms in total. The first kappa shape index (κ1) is 21.0. The van der Waals surface area contributed by atoms with Gasteiger partial charge in [-0.25, -0.2) is 9.79 Å². The van der Waals surface area contributed by atoms with Crippen LogP contribution in [0.3, 0.4) is 0 Å². The fourth-order valence-corrected chi connectivity index (χ4v) is 5.67. The maximum atomic E-state index is 12.7. The van der Waals surface area contributed by atoms with Gasteiger partial charge < -0.3 is 9.64 Å². The van der Waals surface area contributed by atoms with E-state index in [0.717, 1.165) is 22.0 Å². The van der Waals surface area contributed by atoms with Crippen molar-refractivity contribution < 1.29 is 9.53 Å². The molecule has 0 radical (unpaired) electrons. The van der Waals surface area contributed by atoms with Gasteiger partial charge in [-0.2, -0.15) is 0 Å². The highest BCUT2D eigenvalue weighted by Crippen LogP contribution is 2.56. The van der Waals surface area contributed by atoms with Gasteiger partial charge in [0.15, 0.2) is 5.17 Å². The minimum Gasteiger partial charge on any atom is -0.462 e. The second-order valence-electron chi connectivity index (χ2n) is 7.92. The van der Waals surface area contributed by atoms with E-state index in [0.29, 0.717) is 16.5 Å². The molecule has 0 aliphatic carbocycles. The van der Waals surface area contributed by atoms with Gasteiger partial charge in [0.05, 0.1) is 12.6 Å². The second kappa shape index (κ2) is 8.12. The standard InChI is InChI=1S/C24H25ClN2O2S/c1-5-29-22(28)20-19(15(2)3)27-21(16-11-13-18(25)14-12-16)24(4,26-23(27)30-20)17-9-7-6-8-10-17/h6-15,21H,5H2,1-4H3/t21-,24+/m1/s1. The number of rotatable bonds is 5. The fraction of sp³-hybridized carbons (Fsp3) is 0.333. The number of aliphatic imine (C=N–C) groups is 1. The van der Waals surface area contributed by atoms with E-state index in [1.54, 1.807) is 0 Å². The Morgan fingerprint density at radius 2 is 1.87 bits per heavy atom. The minimum atomic E-state index is -0.502.